The maximum absolute atomic E-state index is 4.85. The zero-order valence-corrected chi connectivity index (χ0v) is 17.0. The van der Waals surface area contributed by atoms with Crippen molar-refractivity contribution >= 4 is 5.95 Å². The Hall–Kier alpha value is -1.95. The van der Waals surface area contributed by atoms with Gasteiger partial charge < -0.3 is 10.2 Å². The van der Waals surface area contributed by atoms with Crippen LogP contribution in [0.5, 0.6) is 0 Å². The van der Waals surface area contributed by atoms with Crippen molar-refractivity contribution in [1.82, 2.24) is 24.6 Å². The second kappa shape index (κ2) is 7.82. The first-order chi connectivity index (χ1) is 13.8. The average molecular weight is 381 g/mol. The summed E-state index contributed by atoms with van der Waals surface area (Å²) in [5.41, 5.74) is 3.46. The molecule has 28 heavy (non-hydrogen) atoms. The van der Waals surface area contributed by atoms with Gasteiger partial charge in [-0.05, 0) is 82.9 Å². The number of nitrogens with zero attached hydrogens (tertiary/aromatic N) is 5. The molecule has 1 aliphatic heterocycles. The van der Waals surface area contributed by atoms with Crippen LogP contribution in [0, 0.1) is 5.92 Å². The molecule has 150 valence electrons. The van der Waals surface area contributed by atoms with E-state index in [1.165, 1.54) is 70.2 Å². The molecule has 0 bridgehead atoms. The summed E-state index contributed by atoms with van der Waals surface area (Å²) in [6.45, 7) is 2.62. The van der Waals surface area contributed by atoms with E-state index in [0.717, 1.165) is 35.6 Å². The summed E-state index contributed by atoms with van der Waals surface area (Å²) in [6.07, 6.45) is 15.5. The number of anilines is 1. The molecule has 0 amide bonds. The van der Waals surface area contributed by atoms with E-state index >= 15 is 0 Å². The molecule has 0 unspecified atom stereocenters. The number of likely N-dealkylation sites (tertiary alicyclic amines) is 1. The number of nitrogens with one attached hydrogen (secondary N) is 1. The molecule has 2 aromatic heterocycles. The van der Waals surface area contributed by atoms with Gasteiger partial charge in [0.05, 0.1) is 11.9 Å². The van der Waals surface area contributed by atoms with Crippen LogP contribution >= 0.6 is 0 Å². The van der Waals surface area contributed by atoms with Gasteiger partial charge in [0.1, 0.15) is 0 Å². The minimum Gasteiger partial charge on any atom is -0.351 e. The van der Waals surface area contributed by atoms with E-state index in [1.807, 2.05) is 30.2 Å². The van der Waals surface area contributed by atoms with Crippen LogP contribution in [-0.4, -0.2) is 49.8 Å². The highest BCUT2D eigenvalue weighted by molar-refractivity contribution is 5.62. The molecule has 1 saturated heterocycles. The molecule has 6 heteroatoms. The highest BCUT2D eigenvalue weighted by Gasteiger charge is 2.28. The van der Waals surface area contributed by atoms with Crippen molar-refractivity contribution in [3.63, 3.8) is 0 Å². The summed E-state index contributed by atoms with van der Waals surface area (Å²) >= 11 is 0. The molecule has 0 spiro atoms. The first kappa shape index (κ1) is 18.1. The van der Waals surface area contributed by atoms with Crippen LogP contribution in [0.15, 0.2) is 18.5 Å². The van der Waals surface area contributed by atoms with E-state index in [2.05, 4.69) is 20.3 Å². The van der Waals surface area contributed by atoms with Crippen LogP contribution in [0.2, 0.25) is 0 Å². The van der Waals surface area contributed by atoms with Crippen LogP contribution in [0.4, 0.5) is 5.95 Å². The van der Waals surface area contributed by atoms with Crippen molar-refractivity contribution in [2.45, 2.75) is 69.9 Å². The monoisotopic (exact) mass is 380 g/mol. The van der Waals surface area contributed by atoms with Gasteiger partial charge in [0.2, 0.25) is 5.95 Å². The molecule has 0 atom stereocenters. The second-order valence-corrected chi connectivity index (χ2v) is 8.93. The average Bonchev–Trinajstić information content (AvgIpc) is 3.22. The Balaban J connectivity index is 1.24. The van der Waals surface area contributed by atoms with E-state index in [4.69, 9.17) is 4.98 Å². The minimum atomic E-state index is 0.494. The first-order valence-corrected chi connectivity index (χ1v) is 11.1. The molecule has 3 heterocycles. The van der Waals surface area contributed by atoms with Crippen LogP contribution in [0.3, 0.4) is 0 Å². The Morgan fingerprint density at radius 2 is 1.86 bits per heavy atom. The van der Waals surface area contributed by atoms with Crippen LogP contribution in [0.25, 0.3) is 11.3 Å². The molecule has 2 saturated carbocycles. The molecule has 3 fully saturated rings. The van der Waals surface area contributed by atoms with Gasteiger partial charge in [-0.3, -0.25) is 4.68 Å². The number of aryl methyl sites for hydroxylation is 1. The molecular formula is C22H32N6. The van der Waals surface area contributed by atoms with Gasteiger partial charge in [-0.2, -0.15) is 5.10 Å². The van der Waals surface area contributed by atoms with Gasteiger partial charge in [-0.15, -0.1) is 0 Å². The highest BCUT2D eigenvalue weighted by atomic mass is 15.3. The molecule has 0 aromatic carbocycles. The normalized spacial score (nSPS) is 25.9. The number of aromatic nitrogens is 4. The maximum atomic E-state index is 4.85. The lowest BCUT2D eigenvalue weighted by atomic mass is 9.90. The SMILES string of the molecule is Cn1ncc(-c2ccnc(N[C@H]3CC[C@H](N4CCCC4)CC3)n2)c1CC1CC1. The van der Waals surface area contributed by atoms with E-state index in [1.54, 1.807) is 0 Å². The fourth-order valence-electron chi connectivity index (χ4n) is 4.97. The van der Waals surface area contributed by atoms with Gasteiger partial charge in [0, 0.05) is 36.6 Å². The maximum Gasteiger partial charge on any atom is 0.223 e. The van der Waals surface area contributed by atoms with Crippen LogP contribution in [0.1, 0.15) is 57.1 Å². The molecule has 0 radical (unpaired) electrons. The van der Waals surface area contributed by atoms with Crippen molar-refractivity contribution in [2.24, 2.45) is 13.0 Å². The summed E-state index contributed by atoms with van der Waals surface area (Å²) in [4.78, 5) is 12.1. The summed E-state index contributed by atoms with van der Waals surface area (Å²) < 4.78 is 2.02. The summed E-state index contributed by atoms with van der Waals surface area (Å²) in [7, 11) is 2.04. The molecular weight excluding hydrogens is 348 g/mol. The Morgan fingerprint density at radius 3 is 2.61 bits per heavy atom. The predicted octanol–water partition coefficient (Wildman–Crippen LogP) is 3.65. The lowest BCUT2D eigenvalue weighted by Gasteiger charge is -2.34. The second-order valence-electron chi connectivity index (χ2n) is 8.93. The van der Waals surface area contributed by atoms with Crippen molar-refractivity contribution in [1.29, 1.82) is 0 Å². The Kier molecular flexibility index (Phi) is 5.05. The van der Waals surface area contributed by atoms with Crippen LogP contribution in [-0.2, 0) is 13.5 Å². The van der Waals surface area contributed by atoms with Crippen molar-refractivity contribution in [3.8, 4) is 11.3 Å². The highest BCUT2D eigenvalue weighted by Crippen LogP contribution is 2.35. The smallest absolute Gasteiger partial charge is 0.223 e. The largest absolute Gasteiger partial charge is 0.351 e. The molecule has 2 aromatic rings. The third-order valence-corrected chi connectivity index (χ3v) is 6.86. The Morgan fingerprint density at radius 1 is 1.07 bits per heavy atom. The molecule has 2 aliphatic carbocycles. The quantitative estimate of drug-likeness (QED) is 0.829. The Bertz CT molecular complexity index is 797. The standard InChI is InChI=1S/C22H32N6/c1-27-21(14-16-4-5-16)19(15-24-27)20-10-11-23-22(26-20)25-17-6-8-18(9-7-17)28-12-2-3-13-28/h10-11,15-18H,2-9,12-14H2,1H3,(H,23,25,26)/t17-,18-. The molecule has 1 N–H and O–H groups in total. The van der Waals surface area contributed by atoms with Crippen molar-refractivity contribution < 1.29 is 0 Å². The number of hydrogen-bond acceptors (Lipinski definition) is 5. The fourth-order valence-corrected chi connectivity index (χ4v) is 4.97. The van der Waals surface area contributed by atoms with E-state index < -0.39 is 0 Å². The summed E-state index contributed by atoms with van der Waals surface area (Å²) in [5, 5.41) is 8.11. The number of rotatable bonds is 6. The van der Waals surface area contributed by atoms with Gasteiger partial charge in [-0.1, -0.05) is 0 Å². The topological polar surface area (TPSA) is 58.9 Å². The van der Waals surface area contributed by atoms with E-state index in [0.29, 0.717) is 6.04 Å². The van der Waals surface area contributed by atoms with E-state index in [9.17, 15) is 0 Å². The zero-order valence-electron chi connectivity index (χ0n) is 17.0. The lowest BCUT2D eigenvalue weighted by molar-refractivity contribution is 0.186. The van der Waals surface area contributed by atoms with E-state index in [-0.39, 0.29) is 0 Å². The summed E-state index contributed by atoms with van der Waals surface area (Å²) in [6, 6.07) is 3.31. The zero-order chi connectivity index (χ0) is 18.9. The van der Waals surface area contributed by atoms with Crippen LogP contribution < -0.4 is 5.32 Å². The lowest BCUT2D eigenvalue weighted by Crippen LogP contribution is -2.39. The fraction of sp³-hybridized carbons (Fsp3) is 0.682. The van der Waals surface area contributed by atoms with Crippen molar-refractivity contribution in [3.05, 3.63) is 24.2 Å². The Labute approximate surface area is 167 Å². The minimum absolute atomic E-state index is 0.494. The third-order valence-electron chi connectivity index (χ3n) is 6.86. The summed E-state index contributed by atoms with van der Waals surface area (Å²) in [5.74, 6) is 1.60. The van der Waals surface area contributed by atoms with Gasteiger partial charge in [0.25, 0.3) is 0 Å². The van der Waals surface area contributed by atoms with Gasteiger partial charge >= 0.3 is 0 Å². The molecule has 3 aliphatic rings. The predicted molar refractivity (Wildman–Crippen MR) is 111 cm³/mol. The number of hydrogen-bond donors (Lipinski definition) is 1. The third kappa shape index (κ3) is 3.93. The molecule has 5 rings (SSSR count). The van der Waals surface area contributed by atoms with Gasteiger partial charge in [-0.25, -0.2) is 9.97 Å². The van der Waals surface area contributed by atoms with Gasteiger partial charge in [0.15, 0.2) is 0 Å². The molecule has 6 nitrogen and oxygen atoms in total. The van der Waals surface area contributed by atoms with Crippen molar-refractivity contribution in [2.75, 3.05) is 18.4 Å². The first-order valence-electron chi connectivity index (χ1n) is 11.1.